The molecule has 1 aromatic heterocycles. The zero-order valence-corrected chi connectivity index (χ0v) is 13.6. The fraction of sp³-hybridized carbons (Fsp3) is 0.235. The molecule has 0 spiro atoms. The topological polar surface area (TPSA) is 76.3 Å². The fourth-order valence-electron chi connectivity index (χ4n) is 2.29. The average Bonchev–Trinajstić information content (AvgIpc) is 3.10. The number of tetrazole rings is 1. The van der Waals surface area contributed by atoms with E-state index in [1.165, 1.54) is 4.80 Å². The van der Waals surface area contributed by atoms with E-state index in [2.05, 4.69) is 15.4 Å². The summed E-state index contributed by atoms with van der Waals surface area (Å²) in [5.74, 6) is 1.27. The molecule has 0 bridgehead atoms. The van der Waals surface area contributed by atoms with Crippen LogP contribution in [0.5, 0.6) is 5.75 Å². The van der Waals surface area contributed by atoms with E-state index in [0.717, 1.165) is 17.0 Å². The van der Waals surface area contributed by atoms with Crippen LogP contribution in [0.4, 0.5) is 5.69 Å². The second kappa shape index (κ2) is 7.10. The second-order valence-corrected chi connectivity index (χ2v) is 5.33. The third-order valence-corrected chi connectivity index (χ3v) is 3.72. The van der Waals surface area contributed by atoms with Crippen molar-refractivity contribution in [2.45, 2.75) is 12.8 Å². The van der Waals surface area contributed by atoms with E-state index < -0.39 is 6.23 Å². The number of likely N-dealkylation sites (N-methyl/N-ethyl adjacent to an activating group) is 1. The summed E-state index contributed by atoms with van der Waals surface area (Å²) >= 11 is 0. The molecule has 0 aliphatic rings. The number of hydrogen-bond acceptors (Lipinski definition) is 6. The minimum Gasteiger partial charge on any atom is -0.497 e. The van der Waals surface area contributed by atoms with Gasteiger partial charge in [0, 0.05) is 24.4 Å². The molecule has 24 heavy (non-hydrogen) atoms. The molecule has 0 amide bonds. The van der Waals surface area contributed by atoms with Crippen molar-refractivity contribution in [3.63, 3.8) is 0 Å². The molecular formula is C17H19N5O2. The van der Waals surface area contributed by atoms with Gasteiger partial charge in [0.25, 0.3) is 0 Å². The standard InChI is InChI=1S/C17H19N5O2/c1-21(14-9-6-10-15(11-14)24-2)16(23)12-22-19-17(18-20-22)13-7-4-3-5-8-13/h3-11,16,23H,12H2,1-2H3. The van der Waals surface area contributed by atoms with Gasteiger partial charge in [0.15, 0.2) is 0 Å². The molecular weight excluding hydrogens is 306 g/mol. The minimum atomic E-state index is -0.796. The summed E-state index contributed by atoms with van der Waals surface area (Å²) in [5.41, 5.74) is 1.73. The average molecular weight is 325 g/mol. The van der Waals surface area contributed by atoms with E-state index >= 15 is 0 Å². The molecule has 0 saturated carbocycles. The monoisotopic (exact) mass is 325 g/mol. The molecule has 1 unspecified atom stereocenters. The van der Waals surface area contributed by atoms with Gasteiger partial charge in [-0.05, 0) is 17.3 Å². The molecule has 3 aromatic rings. The van der Waals surface area contributed by atoms with Crippen LogP contribution in [-0.4, -0.2) is 45.7 Å². The summed E-state index contributed by atoms with van der Waals surface area (Å²) in [6.07, 6.45) is -0.796. The molecule has 0 aliphatic heterocycles. The smallest absolute Gasteiger partial charge is 0.204 e. The molecule has 1 N–H and O–H groups in total. The number of anilines is 1. The van der Waals surface area contributed by atoms with E-state index in [0.29, 0.717) is 5.82 Å². The summed E-state index contributed by atoms with van der Waals surface area (Å²) < 4.78 is 5.21. The lowest BCUT2D eigenvalue weighted by Crippen LogP contribution is -2.35. The molecule has 1 heterocycles. The van der Waals surface area contributed by atoms with Crippen LogP contribution in [0.25, 0.3) is 11.4 Å². The first-order valence-corrected chi connectivity index (χ1v) is 7.55. The molecule has 0 saturated heterocycles. The first-order chi connectivity index (χ1) is 11.7. The lowest BCUT2D eigenvalue weighted by atomic mass is 10.2. The highest BCUT2D eigenvalue weighted by molar-refractivity contribution is 5.53. The van der Waals surface area contributed by atoms with Crippen molar-refractivity contribution in [2.24, 2.45) is 0 Å². The Morgan fingerprint density at radius 3 is 2.71 bits per heavy atom. The largest absolute Gasteiger partial charge is 0.497 e. The predicted octanol–water partition coefficient (Wildman–Crippen LogP) is 1.80. The van der Waals surface area contributed by atoms with Gasteiger partial charge < -0.3 is 14.7 Å². The summed E-state index contributed by atoms with van der Waals surface area (Å²) in [6, 6.07) is 17.1. The Labute approximate surface area is 140 Å². The van der Waals surface area contributed by atoms with Crippen molar-refractivity contribution in [3.8, 4) is 17.1 Å². The third kappa shape index (κ3) is 3.52. The molecule has 124 valence electrons. The maximum Gasteiger partial charge on any atom is 0.204 e. The molecule has 0 aliphatic carbocycles. The number of hydrogen-bond donors (Lipinski definition) is 1. The maximum atomic E-state index is 10.4. The number of nitrogens with zero attached hydrogens (tertiary/aromatic N) is 5. The second-order valence-electron chi connectivity index (χ2n) is 5.33. The summed E-state index contributed by atoms with van der Waals surface area (Å²) in [4.78, 5) is 3.12. The van der Waals surface area contributed by atoms with Crippen molar-refractivity contribution in [2.75, 3.05) is 19.1 Å². The summed E-state index contributed by atoms with van der Waals surface area (Å²) in [5, 5.41) is 22.8. The summed E-state index contributed by atoms with van der Waals surface area (Å²) in [6.45, 7) is 0.202. The van der Waals surface area contributed by atoms with Gasteiger partial charge >= 0.3 is 0 Å². The van der Waals surface area contributed by atoms with Crippen LogP contribution in [0.2, 0.25) is 0 Å². The highest BCUT2D eigenvalue weighted by Crippen LogP contribution is 2.21. The number of ether oxygens (including phenoxy) is 1. The SMILES string of the molecule is COc1cccc(N(C)C(O)Cn2nnc(-c3ccccc3)n2)c1. The zero-order chi connectivity index (χ0) is 16.9. The highest BCUT2D eigenvalue weighted by Gasteiger charge is 2.15. The van der Waals surface area contributed by atoms with Crippen molar-refractivity contribution >= 4 is 5.69 Å². The normalized spacial score (nSPS) is 12.0. The maximum absolute atomic E-state index is 10.4. The fourth-order valence-corrected chi connectivity index (χ4v) is 2.29. The first-order valence-electron chi connectivity index (χ1n) is 7.55. The number of aromatic nitrogens is 4. The Balaban J connectivity index is 1.70. The Morgan fingerprint density at radius 2 is 1.96 bits per heavy atom. The van der Waals surface area contributed by atoms with Gasteiger partial charge in [0.2, 0.25) is 5.82 Å². The van der Waals surface area contributed by atoms with Gasteiger partial charge in [-0.25, -0.2) is 0 Å². The van der Waals surface area contributed by atoms with Crippen LogP contribution in [0, 0.1) is 0 Å². The number of methoxy groups -OCH3 is 1. The van der Waals surface area contributed by atoms with Crippen molar-refractivity contribution < 1.29 is 9.84 Å². The third-order valence-electron chi connectivity index (χ3n) is 3.72. The number of aliphatic hydroxyl groups excluding tert-OH is 1. The Morgan fingerprint density at radius 1 is 1.17 bits per heavy atom. The summed E-state index contributed by atoms with van der Waals surface area (Å²) in [7, 11) is 3.41. The molecule has 2 aromatic carbocycles. The number of aliphatic hydroxyl groups is 1. The van der Waals surface area contributed by atoms with Gasteiger partial charge in [-0.3, -0.25) is 0 Å². The lowest BCUT2D eigenvalue weighted by Gasteiger charge is -2.25. The molecule has 0 radical (unpaired) electrons. The number of benzene rings is 2. The van der Waals surface area contributed by atoms with Crippen LogP contribution >= 0.6 is 0 Å². The van der Waals surface area contributed by atoms with E-state index in [1.54, 1.807) is 19.1 Å². The van der Waals surface area contributed by atoms with Gasteiger partial charge in [-0.1, -0.05) is 36.4 Å². The molecule has 1 atom stereocenters. The van der Waals surface area contributed by atoms with Gasteiger partial charge in [-0.2, -0.15) is 4.80 Å². The van der Waals surface area contributed by atoms with Crippen molar-refractivity contribution in [1.29, 1.82) is 0 Å². The minimum absolute atomic E-state index is 0.202. The van der Waals surface area contributed by atoms with E-state index in [9.17, 15) is 5.11 Å². The van der Waals surface area contributed by atoms with Crippen LogP contribution in [0.1, 0.15) is 0 Å². The van der Waals surface area contributed by atoms with Crippen LogP contribution in [0.3, 0.4) is 0 Å². The predicted molar refractivity (Wildman–Crippen MR) is 90.7 cm³/mol. The van der Waals surface area contributed by atoms with Gasteiger partial charge in [0.05, 0.1) is 7.11 Å². The molecule has 7 nitrogen and oxygen atoms in total. The van der Waals surface area contributed by atoms with Crippen LogP contribution < -0.4 is 9.64 Å². The molecule has 3 rings (SSSR count). The molecule has 0 fully saturated rings. The quantitative estimate of drug-likeness (QED) is 0.697. The van der Waals surface area contributed by atoms with Crippen molar-refractivity contribution in [3.05, 3.63) is 54.6 Å². The lowest BCUT2D eigenvalue weighted by molar-refractivity contribution is 0.143. The van der Waals surface area contributed by atoms with E-state index in [4.69, 9.17) is 4.74 Å². The van der Waals surface area contributed by atoms with E-state index in [-0.39, 0.29) is 6.54 Å². The van der Waals surface area contributed by atoms with Gasteiger partial charge in [0.1, 0.15) is 18.5 Å². The zero-order valence-electron chi connectivity index (χ0n) is 13.6. The first kappa shape index (κ1) is 15.9. The van der Waals surface area contributed by atoms with E-state index in [1.807, 2.05) is 54.6 Å². The van der Waals surface area contributed by atoms with Crippen molar-refractivity contribution in [1.82, 2.24) is 20.2 Å². The Bertz CT molecular complexity index is 790. The molecule has 7 heteroatoms. The van der Waals surface area contributed by atoms with Crippen LogP contribution in [-0.2, 0) is 6.54 Å². The number of rotatable bonds is 6. The highest BCUT2D eigenvalue weighted by atomic mass is 16.5. The Hall–Kier alpha value is -2.93. The Kier molecular flexibility index (Phi) is 4.72. The van der Waals surface area contributed by atoms with Crippen LogP contribution in [0.15, 0.2) is 54.6 Å². The van der Waals surface area contributed by atoms with Gasteiger partial charge in [-0.15, -0.1) is 10.2 Å².